The van der Waals surface area contributed by atoms with Crippen LogP contribution in [0.2, 0.25) is 0 Å². The van der Waals surface area contributed by atoms with Crippen molar-refractivity contribution in [1.82, 2.24) is 20.1 Å². The van der Waals surface area contributed by atoms with E-state index in [1.807, 2.05) is 12.1 Å². The second kappa shape index (κ2) is 9.86. The number of ether oxygens (including phenoxy) is 1. The van der Waals surface area contributed by atoms with Crippen LogP contribution in [0.5, 0.6) is 0 Å². The molecule has 168 valence electrons. The summed E-state index contributed by atoms with van der Waals surface area (Å²) >= 11 is 0. The number of urea groups is 1. The van der Waals surface area contributed by atoms with Gasteiger partial charge in [0.15, 0.2) is 0 Å². The molecule has 1 atom stereocenters. The maximum absolute atomic E-state index is 13.9. The lowest BCUT2D eigenvalue weighted by atomic mass is 10.1. The number of benzene rings is 1. The summed E-state index contributed by atoms with van der Waals surface area (Å²) in [6.45, 7) is 1.56. The first-order chi connectivity index (χ1) is 15.5. The zero-order valence-corrected chi connectivity index (χ0v) is 17.6. The molecule has 2 aromatic rings. The normalized spacial score (nSPS) is 19.1. The Bertz CT molecular complexity index is 982. The van der Waals surface area contributed by atoms with Gasteiger partial charge in [0.05, 0.1) is 18.8 Å². The fourth-order valence-corrected chi connectivity index (χ4v) is 3.86. The van der Waals surface area contributed by atoms with Crippen molar-refractivity contribution in [1.29, 1.82) is 0 Å². The number of hydrogen-bond acceptors (Lipinski definition) is 5. The van der Waals surface area contributed by atoms with Crippen LogP contribution in [0.25, 0.3) is 0 Å². The first-order valence-electron chi connectivity index (χ1n) is 10.7. The number of carbonyl (C=O) groups is 3. The van der Waals surface area contributed by atoms with Crippen molar-refractivity contribution >= 4 is 17.8 Å². The van der Waals surface area contributed by atoms with Gasteiger partial charge in [-0.3, -0.25) is 19.5 Å². The van der Waals surface area contributed by atoms with Crippen molar-refractivity contribution in [2.45, 2.75) is 25.4 Å². The molecule has 1 aromatic heterocycles. The number of pyridine rings is 1. The zero-order valence-electron chi connectivity index (χ0n) is 17.6. The number of amides is 4. The molecule has 2 fully saturated rings. The first kappa shape index (κ1) is 21.9. The molecule has 2 saturated heterocycles. The van der Waals surface area contributed by atoms with Crippen LogP contribution in [0, 0.1) is 5.82 Å². The number of rotatable bonds is 6. The van der Waals surface area contributed by atoms with Gasteiger partial charge in [0.1, 0.15) is 11.9 Å². The number of aromatic nitrogens is 1. The molecule has 9 heteroatoms. The molecule has 3 heterocycles. The fourth-order valence-electron chi connectivity index (χ4n) is 3.86. The summed E-state index contributed by atoms with van der Waals surface area (Å²) in [6, 6.07) is 9.92. The average Bonchev–Trinajstić information content (AvgIpc) is 2.81. The highest BCUT2D eigenvalue weighted by molar-refractivity contribution is 5.97. The molecule has 8 nitrogen and oxygen atoms in total. The molecule has 0 spiro atoms. The van der Waals surface area contributed by atoms with E-state index in [0.717, 1.165) is 10.5 Å². The highest BCUT2D eigenvalue weighted by Crippen LogP contribution is 2.22. The van der Waals surface area contributed by atoms with E-state index >= 15 is 0 Å². The van der Waals surface area contributed by atoms with Crippen LogP contribution in [0.1, 0.15) is 35.8 Å². The summed E-state index contributed by atoms with van der Waals surface area (Å²) in [5.41, 5.74) is 2.19. The summed E-state index contributed by atoms with van der Waals surface area (Å²) in [5.74, 6) is -0.646. The van der Waals surface area contributed by atoms with Crippen LogP contribution in [-0.4, -0.2) is 65.4 Å². The van der Waals surface area contributed by atoms with Crippen LogP contribution in [0.3, 0.4) is 0 Å². The Balaban J connectivity index is 1.33. The molecular weight excluding hydrogens is 415 g/mol. The summed E-state index contributed by atoms with van der Waals surface area (Å²) in [7, 11) is 0. The van der Waals surface area contributed by atoms with Gasteiger partial charge in [0, 0.05) is 45.1 Å². The van der Waals surface area contributed by atoms with Crippen molar-refractivity contribution < 1.29 is 23.5 Å². The summed E-state index contributed by atoms with van der Waals surface area (Å²) in [5, 5.41) is 2.61. The van der Waals surface area contributed by atoms with E-state index in [-0.39, 0.29) is 43.1 Å². The third-order valence-corrected chi connectivity index (χ3v) is 5.66. The SMILES string of the molecule is O=C(CCN1C(=O)CCNC1=O)N1CCO[C@H](c2ccc(Cc3ccccc3F)cn2)C1. The van der Waals surface area contributed by atoms with E-state index < -0.39 is 6.03 Å². The number of nitrogens with zero attached hydrogens (tertiary/aromatic N) is 3. The predicted octanol–water partition coefficient (Wildman–Crippen LogP) is 2.04. The molecule has 32 heavy (non-hydrogen) atoms. The largest absolute Gasteiger partial charge is 0.368 e. The smallest absolute Gasteiger partial charge is 0.324 e. The van der Waals surface area contributed by atoms with E-state index in [1.54, 1.807) is 29.3 Å². The molecule has 1 N–H and O–H groups in total. The van der Waals surface area contributed by atoms with E-state index in [9.17, 15) is 18.8 Å². The van der Waals surface area contributed by atoms with Crippen LogP contribution >= 0.6 is 0 Å². The lowest BCUT2D eigenvalue weighted by Crippen LogP contribution is -2.51. The molecule has 0 bridgehead atoms. The molecule has 1 aromatic carbocycles. The highest BCUT2D eigenvalue weighted by Gasteiger charge is 2.29. The second-order valence-corrected chi connectivity index (χ2v) is 7.84. The molecule has 4 amide bonds. The minimum absolute atomic E-state index is 0.0640. The maximum Gasteiger partial charge on any atom is 0.324 e. The Morgan fingerprint density at radius 3 is 2.81 bits per heavy atom. The quantitative estimate of drug-likeness (QED) is 0.742. The van der Waals surface area contributed by atoms with E-state index in [4.69, 9.17) is 4.74 Å². The lowest BCUT2D eigenvalue weighted by molar-refractivity contribution is -0.140. The van der Waals surface area contributed by atoms with Gasteiger partial charge in [-0.25, -0.2) is 9.18 Å². The summed E-state index contributed by atoms with van der Waals surface area (Å²) < 4.78 is 19.7. The van der Waals surface area contributed by atoms with Gasteiger partial charge in [-0.15, -0.1) is 0 Å². The summed E-state index contributed by atoms with van der Waals surface area (Å²) in [4.78, 5) is 43.6. The minimum atomic E-state index is -0.450. The predicted molar refractivity (Wildman–Crippen MR) is 113 cm³/mol. The topological polar surface area (TPSA) is 91.8 Å². The first-order valence-corrected chi connectivity index (χ1v) is 10.7. The molecule has 2 aliphatic rings. The van der Waals surface area contributed by atoms with Crippen LogP contribution in [-0.2, 0) is 20.7 Å². The van der Waals surface area contributed by atoms with Gasteiger partial charge in [0.2, 0.25) is 11.8 Å². The number of carbonyl (C=O) groups excluding carboxylic acids is 3. The lowest BCUT2D eigenvalue weighted by Gasteiger charge is -2.33. The van der Waals surface area contributed by atoms with E-state index in [0.29, 0.717) is 43.9 Å². The highest BCUT2D eigenvalue weighted by atomic mass is 19.1. The van der Waals surface area contributed by atoms with Crippen LogP contribution in [0.4, 0.5) is 9.18 Å². The van der Waals surface area contributed by atoms with E-state index in [1.165, 1.54) is 6.07 Å². The molecule has 0 radical (unpaired) electrons. The number of morpholine rings is 1. The number of nitrogens with one attached hydrogen (secondary N) is 1. The Kier molecular flexibility index (Phi) is 6.75. The summed E-state index contributed by atoms with van der Waals surface area (Å²) in [6.07, 6.45) is 2.10. The van der Waals surface area contributed by atoms with Gasteiger partial charge in [-0.1, -0.05) is 24.3 Å². The Morgan fingerprint density at radius 1 is 1.22 bits per heavy atom. The molecule has 4 rings (SSSR count). The van der Waals surface area contributed by atoms with Crippen LogP contribution in [0.15, 0.2) is 42.6 Å². The molecule has 0 saturated carbocycles. The number of hydrogen-bond donors (Lipinski definition) is 1. The zero-order chi connectivity index (χ0) is 22.5. The fraction of sp³-hybridized carbons (Fsp3) is 0.391. The van der Waals surface area contributed by atoms with Crippen molar-refractivity contribution in [3.05, 3.63) is 65.2 Å². The Morgan fingerprint density at radius 2 is 2.06 bits per heavy atom. The van der Waals surface area contributed by atoms with Crippen molar-refractivity contribution in [2.75, 3.05) is 32.8 Å². The standard InChI is InChI=1S/C23H25FN4O4/c24-18-4-2-1-3-17(18)13-16-5-6-19(26-14-16)20-15-27(11-12-32-20)21(29)8-10-28-22(30)7-9-25-23(28)31/h1-6,14,20H,7-13,15H2,(H,25,31)/t20-/m0/s1. The van der Waals surface area contributed by atoms with Crippen molar-refractivity contribution in [3.8, 4) is 0 Å². The molecule has 0 unspecified atom stereocenters. The van der Waals surface area contributed by atoms with Crippen molar-refractivity contribution in [3.63, 3.8) is 0 Å². The van der Waals surface area contributed by atoms with Gasteiger partial charge >= 0.3 is 6.03 Å². The monoisotopic (exact) mass is 440 g/mol. The van der Waals surface area contributed by atoms with Gasteiger partial charge in [-0.05, 0) is 23.3 Å². The van der Waals surface area contributed by atoms with Crippen molar-refractivity contribution in [2.24, 2.45) is 0 Å². The van der Waals surface area contributed by atoms with E-state index in [2.05, 4.69) is 10.3 Å². The third kappa shape index (κ3) is 5.11. The number of halogens is 1. The Hall–Kier alpha value is -3.33. The Labute approximate surface area is 185 Å². The van der Waals surface area contributed by atoms with Crippen LogP contribution < -0.4 is 5.32 Å². The average molecular weight is 440 g/mol. The maximum atomic E-state index is 13.9. The van der Waals surface area contributed by atoms with Gasteiger partial charge < -0.3 is 15.0 Å². The molecule has 0 aliphatic carbocycles. The molecule has 2 aliphatic heterocycles. The second-order valence-electron chi connectivity index (χ2n) is 7.84. The van der Waals surface area contributed by atoms with Gasteiger partial charge in [-0.2, -0.15) is 0 Å². The minimum Gasteiger partial charge on any atom is -0.368 e. The van der Waals surface area contributed by atoms with Gasteiger partial charge in [0.25, 0.3) is 0 Å². The number of imide groups is 1. The molecular formula is C23H25FN4O4. The third-order valence-electron chi connectivity index (χ3n) is 5.66.